The molecule has 0 radical (unpaired) electrons. The van der Waals surface area contributed by atoms with E-state index in [0.29, 0.717) is 22.3 Å². The highest BCUT2D eigenvalue weighted by molar-refractivity contribution is 6.12. The highest BCUT2D eigenvalue weighted by atomic mass is 19.1. The standard InChI is InChI=1S/C15H9F2N3O2/c1-6-10-12-11(8(16)4-9(21)13(12)17)14(7-2-3-22-5-7)18-15(10)20-19-6/h2-5,21H,1H3,(H,18,19,20). The van der Waals surface area contributed by atoms with Gasteiger partial charge in [0.15, 0.2) is 17.2 Å². The second-order valence-electron chi connectivity index (χ2n) is 4.95. The molecule has 0 aliphatic carbocycles. The number of furan rings is 1. The van der Waals surface area contributed by atoms with Gasteiger partial charge in [0.05, 0.1) is 29.3 Å². The summed E-state index contributed by atoms with van der Waals surface area (Å²) in [5.74, 6) is -2.42. The number of aromatic nitrogens is 3. The Hall–Kier alpha value is -2.96. The second-order valence-corrected chi connectivity index (χ2v) is 4.95. The number of nitrogens with zero attached hydrogens (tertiary/aromatic N) is 2. The molecule has 0 atom stereocenters. The van der Waals surface area contributed by atoms with Crippen LogP contribution >= 0.6 is 0 Å². The minimum absolute atomic E-state index is 0.0197. The highest BCUT2D eigenvalue weighted by Crippen LogP contribution is 2.39. The van der Waals surface area contributed by atoms with Crippen LogP contribution in [-0.2, 0) is 0 Å². The summed E-state index contributed by atoms with van der Waals surface area (Å²) in [7, 11) is 0. The lowest BCUT2D eigenvalue weighted by atomic mass is 10.0. The molecule has 22 heavy (non-hydrogen) atoms. The molecule has 3 heterocycles. The molecule has 0 unspecified atom stereocenters. The van der Waals surface area contributed by atoms with E-state index in [0.717, 1.165) is 6.07 Å². The number of fused-ring (bicyclic) bond motifs is 3. The first kappa shape index (κ1) is 12.8. The van der Waals surface area contributed by atoms with Gasteiger partial charge in [0.25, 0.3) is 0 Å². The van der Waals surface area contributed by atoms with E-state index in [4.69, 9.17) is 4.42 Å². The Morgan fingerprint density at radius 1 is 1.23 bits per heavy atom. The lowest BCUT2D eigenvalue weighted by Crippen LogP contribution is -1.94. The summed E-state index contributed by atoms with van der Waals surface area (Å²) in [4.78, 5) is 4.33. The Morgan fingerprint density at radius 2 is 2.05 bits per heavy atom. The van der Waals surface area contributed by atoms with Crippen LogP contribution in [-0.4, -0.2) is 20.3 Å². The molecule has 0 spiro atoms. The quantitative estimate of drug-likeness (QED) is 0.562. The van der Waals surface area contributed by atoms with Crippen LogP contribution in [0.25, 0.3) is 33.1 Å². The van der Waals surface area contributed by atoms with Gasteiger partial charge in [-0.3, -0.25) is 5.10 Å². The number of aryl methyl sites for hydroxylation is 1. The molecule has 0 bridgehead atoms. The van der Waals surface area contributed by atoms with Crippen molar-refractivity contribution in [3.8, 4) is 17.0 Å². The number of H-pyrrole nitrogens is 1. The molecule has 0 saturated carbocycles. The van der Waals surface area contributed by atoms with E-state index < -0.39 is 17.4 Å². The minimum atomic E-state index is -0.905. The third-order valence-electron chi connectivity index (χ3n) is 3.63. The van der Waals surface area contributed by atoms with E-state index in [1.807, 2.05) is 0 Å². The number of halogens is 2. The second kappa shape index (κ2) is 4.27. The van der Waals surface area contributed by atoms with Gasteiger partial charge in [-0.15, -0.1) is 0 Å². The van der Waals surface area contributed by atoms with Gasteiger partial charge in [0.1, 0.15) is 5.82 Å². The van der Waals surface area contributed by atoms with Crippen LogP contribution in [0.5, 0.6) is 5.75 Å². The predicted octanol–water partition coefficient (Wildman–Crippen LogP) is 3.66. The van der Waals surface area contributed by atoms with Crippen LogP contribution in [0.1, 0.15) is 5.69 Å². The van der Waals surface area contributed by atoms with Crippen LogP contribution < -0.4 is 0 Å². The van der Waals surface area contributed by atoms with E-state index in [9.17, 15) is 13.9 Å². The maximum atomic E-state index is 14.5. The average molecular weight is 301 g/mol. The minimum Gasteiger partial charge on any atom is -0.505 e. The van der Waals surface area contributed by atoms with Crippen molar-refractivity contribution in [2.24, 2.45) is 0 Å². The Balaban J connectivity index is 2.33. The summed E-state index contributed by atoms with van der Waals surface area (Å²) in [5.41, 5.74) is 1.50. The largest absolute Gasteiger partial charge is 0.505 e. The van der Waals surface area contributed by atoms with Crippen molar-refractivity contribution < 1.29 is 18.3 Å². The van der Waals surface area contributed by atoms with Gasteiger partial charge >= 0.3 is 0 Å². The average Bonchev–Trinajstić information content (AvgIpc) is 3.13. The van der Waals surface area contributed by atoms with Crippen LogP contribution in [0.15, 0.2) is 29.1 Å². The number of nitrogens with one attached hydrogen (secondary N) is 1. The zero-order valence-corrected chi connectivity index (χ0v) is 11.3. The number of hydrogen-bond donors (Lipinski definition) is 2. The van der Waals surface area contributed by atoms with Crippen LogP contribution in [0.2, 0.25) is 0 Å². The topological polar surface area (TPSA) is 74.9 Å². The van der Waals surface area contributed by atoms with Crippen molar-refractivity contribution in [3.63, 3.8) is 0 Å². The van der Waals surface area contributed by atoms with Gasteiger partial charge in [0.2, 0.25) is 0 Å². The Labute approximate surface area is 122 Å². The van der Waals surface area contributed by atoms with Crippen molar-refractivity contribution >= 4 is 21.8 Å². The molecule has 4 rings (SSSR count). The molecule has 5 nitrogen and oxygen atoms in total. The summed E-state index contributed by atoms with van der Waals surface area (Å²) >= 11 is 0. The zero-order valence-electron chi connectivity index (χ0n) is 11.3. The van der Waals surface area contributed by atoms with Crippen molar-refractivity contribution in [2.45, 2.75) is 6.92 Å². The summed E-state index contributed by atoms with van der Waals surface area (Å²) in [6, 6.07) is 2.34. The molecule has 0 aliphatic heterocycles. The fourth-order valence-corrected chi connectivity index (χ4v) is 2.66. The fourth-order valence-electron chi connectivity index (χ4n) is 2.66. The molecule has 0 aliphatic rings. The molecular formula is C15H9F2N3O2. The monoisotopic (exact) mass is 301 g/mol. The van der Waals surface area contributed by atoms with Gasteiger partial charge in [-0.25, -0.2) is 13.8 Å². The number of phenolic OH excluding ortho intramolecular Hbond substituents is 1. The first-order valence-electron chi connectivity index (χ1n) is 6.46. The fraction of sp³-hybridized carbons (Fsp3) is 0.0667. The predicted molar refractivity (Wildman–Crippen MR) is 75.4 cm³/mol. The summed E-state index contributed by atoms with van der Waals surface area (Å²) in [5, 5.41) is 16.6. The number of benzene rings is 1. The number of rotatable bonds is 1. The lowest BCUT2D eigenvalue weighted by Gasteiger charge is -2.09. The number of aromatic amines is 1. The smallest absolute Gasteiger partial charge is 0.173 e. The van der Waals surface area contributed by atoms with E-state index in [1.54, 1.807) is 13.0 Å². The molecule has 1 aromatic carbocycles. The zero-order chi connectivity index (χ0) is 15.4. The van der Waals surface area contributed by atoms with Crippen LogP contribution in [0.3, 0.4) is 0 Å². The summed E-state index contributed by atoms with van der Waals surface area (Å²) < 4.78 is 33.9. The van der Waals surface area contributed by atoms with Gasteiger partial charge in [0, 0.05) is 22.4 Å². The molecule has 0 saturated heterocycles. The SMILES string of the molecule is Cc1n[nH]c2nc(-c3ccoc3)c3c(F)cc(O)c(F)c3c12. The molecule has 7 heteroatoms. The molecular weight excluding hydrogens is 292 g/mol. The Morgan fingerprint density at radius 3 is 2.77 bits per heavy atom. The van der Waals surface area contributed by atoms with Gasteiger partial charge in [-0.05, 0) is 13.0 Å². The molecule has 2 N–H and O–H groups in total. The Kier molecular flexibility index (Phi) is 2.47. The third kappa shape index (κ3) is 1.56. The number of hydrogen-bond acceptors (Lipinski definition) is 4. The van der Waals surface area contributed by atoms with Crippen LogP contribution in [0, 0.1) is 18.6 Å². The van der Waals surface area contributed by atoms with Crippen LogP contribution in [0.4, 0.5) is 8.78 Å². The summed E-state index contributed by atoms with van der Waals surface area (Å²) in [6.07, 6.45) is 2.81. The molecule has 0 fully saturated rings. The normalized spacial score (nSPS) is 11.6. The highest BCUT2D eigenvalue weighted by Gasteiger charge is 2.22. The number of pyridine rings is 1. The molecule has 110 valence electrons. The summed E-state index contributed by atoms with van der Waals surface area (Å²) in [6.45, 7) is 1.65. The van der Waals surface area contributed by atoms with E-state index in [1.165, 1.54) is 12.5 Å². The van der Waals surface area contributed by atoms with Crippen molar-refractivity contribution in [1.29, 1.82) is 0 Å². The number of aromatic hydroxyl groups is 1. The Bertz CT molecular complexity index is 1020. The van der Waals surface area contributed by atoms with Gasteiger partial charge < -0.3 is 9.52 Å². The van der Waals surface area contributed by atoms with Crippen molar-refractivity contribution in [2.75, 3.05) is 0 Å². The molecule has 3 aromatic heterocycles. The first-order chi connectivity index (χ1) is 10.6. The third-order valence-corrected chi connectivity index (χ3v) is 3.63. The lowest BCUT2D eigenvalue weighted by molar-refractivity contribution is 0.431. The van der Waals surface area contributed by atoms with E-state index in [-0.39, 0.29) is 16.5 Å². The molecule has 4 aromatic rings. The van der Waals surface area contributed by atoms with Crippen molar-refractivity contribution in [1.82, 2.24) is 15.2 Å². The molecule has 0 amide bonds. The van der Waals surface area contributed by atoms with E-state index >= 15 is 0 Å². The first-order valence-corrected chi connectivity index (χ1v) is 6.46. The number of phenols is 1. The van der Waals surface area contributed by atoms with Gasteiger partial charge in [-0.1, -0.05) is 0 Å². The van der Waals surface area contributed by atoms with E-state index in [2.05, 4.69) is 15.2 Å². The van der Waals surface area contributed by atoms with Gasteiger partial charge in [-0.2, -0.15) is 5.10 Å². The maximum absolute atomic E-state index is 14.5. The van der Waals surface area contributed by atoms with Crippen molar-refractivity contribution in [3.05, 3.63) is 42.0 Å². The maximum Gasteiger partial charge on any atom is 0.173 e.